The third-order valence-electron chi connectivity index (χ3n) is 3.42. The van der Waals surface area contributed by atoms with Crippen molar-refractivity contribution in [2.24, 2.45) is 0 Å². The Morgan fingerprint density at radius 3 is 2.89 bits per heavy atom. The Kier molecular flexibility index (Phi) is 4.58. The van der Waals surface area contributed by atoms with Gasteiger partial charge < -0.3 is 15.0 Å². The van der Waals surface area contributed by atoms with E-state index < -0.39 is 0 Å². The van der Waals surface area contributed by atoms with Gasteiger partial charge in [-0.2, -0.15) is 0 Å². The van der Waals surface area contributed by atoms with Crippen LogP contribution in [0.1, 0.15) is 33.0 Å². The molecule has 0 spiro atoms. The highest BCUT2D eigenvalue weighted by Crippen LogP contribution is 2.23. The molecular formula is C14H24N4O. The summed E-state index contributed by atoms with van der Waals surface area (Å²) in [7, 11) is 0. The SMILES string of the molecule is CCNc1cc(N2CC(C)OCC2CC)nc(C)n1. The highest BCUT2D eigenvalue weighted by Gasteiger charge is 2.27. The van der Waals surface area contributed by atoms with Gasteiger partial charge >= 0.3 is 0 Å². The molecule has 1 aliphatic heterocycles. The number of rotatable bonds is 4. The molecule has 1 aromatic heterocycles. The fourth-order valence-electron chi connectivity index (χ4n) is 2.43. The van der Waals surface area contributed by atoms with Crippen LogP contribution in [0.3, 0.4) is 0 Å². The summed E-state index contributed by atoms with van der Waals surface area (Å²) in [5, 5.41) is 3.26. The first-order valence-corrected chi connectivity index (χ1v) is 7.11. The third kappa shape index (κ3) is 3.35. The maximum Gasteiger partial charge on any atom is 0.134 e. The minimum atomic E-state index is 0.251. The Morgan fingerprint density at radius 1 is 1.42 bits per heavy atom. The standard InChI is InChI=1S/C14H24N4O/c1-5-12-9-19-10(3)8-18(12)14-7-13(15-6-2)16-11(4)17-14/h7,10,12H,5-6,8-9H2,1-4H3,(H,15,16,17). The number of nitrogens with one attached hydrogen (secondary N) is 1. The molecule has 2 unspecified atom stereocenters. The van der Waals surface area contributed by atoms with Crippen LogP contribution in [-0.2, 0) is 4.74 Å². The molecule has 106 valence electrons. The molecule has 0 radical (unpaired) electrons. The maximum absolute atomic E-state index is 5.74. The van der Waals surface area contributed by atoms with E-state index in [4.69, 9.17) is 4.74 Å². The second kappa shape index (κ2) is 6.19. The maximum atomic E-state index is 5.74. The number of nitrogens with zero attached hydrogens (tertiary/aromatic N) is 3. The van der Waals surface area contributed by atoms with Crippen molar-refractivity contribution in [3.8, 4) is 0 Å². The van der Waals surface area contributed by atoms with Crippen LogP contribution in [0, 0.1) is 6.92 Å². The minimum Gasteiger partial charge on any atom is -0.375 e. The Hall–Kier alpha value is -1.36. The first-order valence-electron chi connectivity index (χ1n) is 7.11. The van der Waals surface area contributed by atoms with Gasteiger partial charge in [-0.1, -0.05) is 6.92 Å². The number of anilines is 2. The quantitative estimate of drug-likeness (QED) is 0.903. The van der Waals surface area contributed by atoms with E-state index in [9.17, 15) is 0 Å². The lowest BCUT2D eigenvalue weighted by atomic mass is 10.1. The molecule has 5 nitrogen and oxygen atoms in total. The zero-order valence-electron chi connectivity index (χ0n) is 12.3. The van der Waals surface area contributed by atoms with Crippen LogP contribution in [0.25, 0.3) is 0 Å². The van der Waals surface area contributed by atoms with Gasteiger partial charge in [0, 0.05) is 19.2 Å². The van der Waals surface area contributed by atoms with E-state index in [-0.39, 0.29) is 6.10 Å². The zero-order chi connectivity index (χ0) is 13.8. The van der Waals surface area contributed by atoms with Crippen LogP contribution in [0.15, 0.2) is 6.07 Å². The van der Waals surface area contributed by atoms with Crippen LogP contribution in [0.4, 0.5) is 11.6 Å². The molecule has 5 heteroatoms. The predicted molar refractivity (Wildman–Crippen MR) is 77.8 cm³/mol. The van der Waals surface area contributed by atoms with E-state index in [1.165, 1.54) is 0 Å². The molecule has 0 bridgehead atoms. The molecular weight excluding hydrogens is 240 g/mol. The molecule has 1 saturated heterocycles. The van der Waals surface area contributed by atoms with Gasteiger partial charge in [0.15, 0.2) is 0 Å². The van der Waals surface area contributed by atoms with Gasteiger partial charge in [0.25, 0.3) is 0 Å². The normalized spacial score (nSPS) is 23.5. The molecule has 2 atom stereocenters. The van der Waals surface area contributed by atoms with Crippen molar-refractivity contribution in [1.29, 1.82) is 0 Å². The highest BCUT2D eigenvalue weighted by atomic mass is 16.5. The predicted octanol–water partition coefficient (Wildman–Crippen LogP) is 2.22. The van der Waals surface area contributed by atoms with Crippen molar-refractivity contribution in [3.63, 3.8) is 0 Å². The van der Waals surface area contributed by atoms with Crippen LogP contribution in [-0.4, -0.2) is 41.8 Å². The van der Waals surface area contributed by atoms with Crippen molar-refractivity contribution < 1.29 is 4.74 Å². The molecule has 1 aliphatic rings. The van der Waals surface area contributed by atoms with Crippen LogP contribution in [0.5, 0.6) is 0 Å². The van der Waals surface area contributed by atoms with Crippen molar-refractivity contribution in [2.45, 2.75) is 46.3 Å². The Labute approximate surface area is 115 Å². The Bertz CT molecular complexity index is 424. The molecule has 19 heavy (non-hydrogen) atoms. The second-order valence-corrected chi connectivity index (χ2v) is 5.05. The van der Waals surface area contributed by atoms with Crippen molar-refractivity contribution in [2.75, 3.05) is 29.9 Å². The number of hydrogen-bond donors (Lipinski definition) is 1. The fourth-order valence-corrected chi connectivity index (χ4v) is 2.43. The summed E-state index contributed by atoms with van der Waals surface area (Å²) in [5.74, 6) is 2.71. The average molecular weight is 264 g/mol. The molecule has 0 amide bonds. The molecule has 0 aromatic carbocycles. The van der Waals surface area contributed by atoms with Gasteiger partial charge in [0.1, 0.15) is 17.5 Å². The lowest BCUT2D eigenvalue weighted by Gasteiger charge is -2.39. The lowest BCUT2D eigenvalue weighted by Crippen LogP contribution is -2.49. The zero-order valence-corrected chi connectivity index (χ0v) is 12.3. The monoisotopic (exact) mass is 264 g/mol. The van der Waals surface area contributed by atoms with Gasteiger partial charge in [-0.3, -0.25) is 0 Å². The van der Waals surface area contributed by atoms with Crippen molar-refractivity contribution in [1.82, 2.24) is 9.97 Å². The summed E-state index contributed by atoms with van der Waals surface area (Å²) in [6.45, 7) is 10.8. The fraction of sp³-hybridized carbons (Fsp3) is 0.714. The number of hydrogen-bond acceptors (Lipinski definition) is 5. The first kappa shape index (κ1) is 14.1. The largest absolute Gasteiger partial charge is 0.375 e. The average Bonchev–Trinajstić information content (AvgIpc) is 2.38. The molecule has 0 saturated carbocycles. The first-order chi connectivity index (χ1) is 9.13. The van der Waals surface area contributed by atoms with Gasteiger partial charge in [-0.25, -0.2) is 9.97 Å². The summed E-state index contributed by atoms with van der Waals surface area (Å²) in [6.07, 6.45) is 1.31. The van der Waals surface area contributed by atoms with Gasteiger partial charge in [0.2, 0.25) is 0 Å². The molecule has 1 N–H and O–H groups in total. The Balaban J connectivity index is 2.27. The van der Waals surface area contributed by atoms with E-state index in [0.717, 1.165) is 43.6 Å². The van der Waals surface area contributed by atoms with Crippen molar-refractivity contribution in [3.05, 3.63) is 11.9 Å². The van der Waals surface area contributed by atoms with Gasteiger partial charge in [0.05, 0.1) is 18.8 Å². The number of ether oxygens (including phenoxy) is 1. The molecule has 2 rings (SSSR count). The summed E-state index contributed by atoms with van der Waals surface area (Å²) >= 11 is 0. The van der Waals surface area contributed by atoms with E-state index in [1.54, 1.807) is 0 Å². The summed E-state index contributed by atoms with van der Waals surface area (Å²) in [4.78, 5) is 11.4. The van der Waals surface area contributed by atoms with Gasteiger partial charge in [-0.05, 0) is 27.2 Å². The van der Waals surface area contributed by atoms with Crippen LogP contribution < -0.4 is 10.2 Å². The summed E-state index contributed by atoms with van der Waals surface area (Å²) in [5.41, 5.74) is 0. The van der Waals surface area contributed by atoms with Crippen molar-refractivity contribution >= 4 is 11.6 Å². The third-order valence-corrected chi connectivity index (χ3v) is 3.42. The molecule has 1 aromatic rings. The number of aromatic nitrogens is 2. The smallest absolute Gasteiger partial charge is 0.134 e. The lowest BCUT2D eigenvalue weighted by molar-refractivity contribution is 0.0296. The minimum absolute atomic E-state index is 0.251. The van der Waals surface area contributed by atoms with Crippen LogP contribution >= 0.6 is 0 Å². The molecule has 0 aliphatic carbocycles. The van der Waals surface area contributed by atoms with E-state index in [1.807, 2.05) is 13.0 Å². The van der Waals surface area contributed by atoms with Gasteiger partial charge in [-0.15, -0.1) is 0 Å². The van der Waals surface area contributed by atoms with Crippen LogP contribution in [0.2, 0.25) is 0 Å². The van der Waals surface area contributed by atoms with E-state index in [2.05, 4.69) is 41.0 Å². The molecule has 1 fully saturated rings. The number of aryl methyl sites for hydroxylation is 1. The Morgan fingerprint density at radius 2 is 2.21 bits per heavy atom. The number of morpholine rings is 1. The highest BCUT2D eigenvalue weighted by molar-refractivity contribution is 5.50. The topological polar surface area (TPSA) is 50.3 Å². The van der Waals surface area contributed by atoms with E-state index >= 15 is 0 Å². The summed E-state index contributed by atoms with van der Waals surface area (Å²) < 4.78 is 5.74. The summed E-state index contributed by atoms with van der Waals surface area (Å²) in [6, 6.07) is 2.44. The molecule has 2 heterocycles. The van der Waals surface area contributed by atoms with E-state index in [0.29, 0.717) is 6.04 Å². The second-order valence-electron chi connectivity index (χ2n) is 5.05.